The lowest BCUT2D eigenvalue weighted by atomic mass is 10.1. The third-order valence-corrected chi connectivity index (χ3v) is 8.44. The van der Waals surface area contributed by atoms with Gasteiger partial charge in [0.2, 0.25) is 15.9 Å². The van der Waals surface area contributed by atoms with Gasteiger partial charge >= 0.3 is 0 Å². The summed E-state index contributed by atoms with van der Waals surface area (Å²) in [5.74, 6) is -0.447. The number of fused-ring (bicyclic) bond motifs is 1. The number of carbonyl (C=O) groups excluding carboxylic acids is 1. The number of nitrogens with one attached hydrogen (secondary N) is 2. The maximum atomic E-state index is 13.4. The van der Waals surface area contributed by atoms with Crippen LogP contribution in [0.25, 0.3) is 10.8 Å². The third kappa shape index (κ3) is 5.23. The number of amidine groups is 1. The molecule has 1 saturated carbocycles. The Morgan fingerprint density at radius 3 is 2.61 bits per heavy atom. The van der Waals surface area contributed by atoms with Crippen molar-refractivity contribution in [2.24, 2.45) is 5.73 Å². The molecule has 0 spiro atoms. The molecule has 1 unspecified atom stereocenters. The number of rotatable bonds is 8. The first kappa shape index (κ1) is 23.3. The number of aromatic nitrogens is 1. The summed E-state index contributed by atoms with van der Waals surface area (Å²) in [7, 11) is -2.24. The Hall–Kier alpha value is -2.82. The number of hydrogen-bond acceptors (Lipinski definition) is 6. The second kappa shape index (κ2) is 9.58. The zero-order valence-electron chi connectivity index (χ0n) is 18.3. The number of amides is 1. The van der Waals surface area contributed by atoms with Crippen molar-refractivity contribution in [3.8, 4) is 0 Å². The predicted octanol–water partition coefficient (Wildman–Crippen LogP) is 2.87. The van der Waals surface area contributed by atoms with Crippen molar-refractivity contribution < 1.29 is 13.2 Å². The molecular weight excluding hydrogens is 458 g/mol. The Morgan fingerprint density at radius 1 is 1.24 bits per heavy atom. The summed E-state index contributed by atoms with van der Waals surface area (Å²) in [5.41, 5.74) is 6.03. The van der Waals surface area contributed by atoms with Crippen LogP contribution in [0.3, 0.4) is 0 Å². The van der Waals surface area contributed by atoms with Crippen molar-refractivity contribution in [2.75, 3.05) is 7.05 Å². The number of nitrogen functional groups attached to an aromatic ring is 1. The van der Waals surface area contributed by atoms with Gasteiger partial charge in [0.25, 0.3) is 0 Å². The lowest BCUT2D eigenvalue weighted by Gasteiger charge is -2.29. The van der Waals surface area contributed by atoms with Crippen LogP contribution in [0.4, 0.5) is 0 Å². The molecule has 1 aliphatic rings. The topological polar surface area (TPSA) is 129 Å². The first-order chi connectivity index (χ1) is 15.7. The number of hydrogen-bond donors (Lipinski definition) is 3. The number of sulfonamides is 1. The van der Waals surface area contributed by atoms with E-state index in [0.29, 0.717) is 10.7 Å². The molecule has 3 aromatic rings. The summed E-state index contributed by atoms with van der Waals surface area (Å²) in [4.78, 5) is 19.5. The quantitative estimate of drug-likeness (QED) is 0.334. The van der Waals surface area contributed by atoms with Crippen molar-refractivity contribution in [3.63, 3.8) is 0 Å². The molecule has 1 aromatic heterocycles. The van der Waals surface area contributed by atoms with Gasteiger partial charge in [-0.25, -0.2) is 13.4 Å². The van der Waals surface area contributed by atoms with Crippen molar-refractivity contribution in [1.29, 1.82) is 5.41 Å². The van der Waals surface area contributed by atoms with Gasteiger partial charge in [0.05, 0.1) is 10.6 Å². The minimum atomic E-state index is -3.97. The van der Waals surface area contributed by atoms with E-state index in [1.165, 1.54) is 11.3 Å². The average Bonchev–Trinajstić information content (AvgIpc) is 3.50. The van der Waals surface area contributed by atoms with E-state index in [0.717, 1.165) is 36.5 Å². The van der Waals surface area contributed by atoms with E-state index in [1.807, 2.05) is 24.3 Å². The van der Waals surface area contributed by atoms with Crippen LogP contribution in [-0.2, 0) is 21.2 Å². The molecule has 1 amide bonds. The normalized spacial score (nSPS) is 15.5. The Morgan fingerprint density at radius 2 is 1.94 bits per heavy atom. The van der Waals surface area contributed by atoms with Crippen LogP contribution in [0.5, 0.6) is 0 Å². The van der Waals surface area contributed by atoms with E-state index in [2.05, 4.69) is 9.71 Å². The predicted molar refractivity (Wildman–Crippen MR) is 130 cm³/mol. The summed E-state index contributed by atoms with van der Waals surface area (Å²) < 4.78 is 29.2. The van der Waals surface area contributed by atoms with E-state index in [4.69, 9.17) is 11.1 Å². The Kier molecular flexibility index (Phi) is 6.78. The van der Waals surface area contributed by atoms with Gasteiger partial charge in [-0.3, -0.25) is 10.2 Å². The van der Waals surface area contributed by atoms with Crippen molar-refractivity contribution >= 4 is 43.9 Å². The molecule has 0 radical (unpaired) electrons. The van der Waals surface area contributed by atoms with E-state index in [9.17, 15) is 13.2 Å². The average molecular weight is 486 g/mol. The lowest BCUT2D eigenvalue weighted by Crippen LogP contribution is -2.50. The molecule has 1 heterocycles. The lowest BCUT2D eigenvalue weighted by molar-refractivity contribution is -0.133. The second-order valence-electron chi connectivity index (χ2n) is 8.33. The third-order valence-electron chi connectivity index (χ3n) is 6.04. The monoisotopic (exact) mass is 485 g/mol. The summed E-state index contributed by atoms with van der Waals surface area (Å²) in [6, 6.07) is 11.5. The first-order valence-electron chi connectivity index (χ1n) is 10.8. The highest BCUT2D eigenvalue weighted by atomic mass is 32.2. The van der Waals surface area contributed by atoms with E-state index in [1.54, 1.807) is 35.5 Å². The molecule has 0 aliphatic heterocycles. The minimum absolute atomic E-state index is 0.0759. The van der Waals surface area contributed by atoms with Gasteiger partial charge in [-0.15, -0.1) is 11.3 Å². The summed E-state index contributed by atoms with van der Waals surface area (Å²) >= 11 is 1.20. The minimum Gasteiger partial charge on any atom is -0.382 e. The highest BCUT2D eigenvalue weighted by Crippen LogP contribution is 2.24. The zero-order valence-corrected chi connectivity index (χ0v) is 20.0. The van der Waals surface area contributed by atoms with Gasteiger partial charge in [0, 0.05) is 24.9 Å². The van der Waals surface area contributed by atoms with E-state index in [-0.39, 0.29) is 29.1 Å². The second-order valence-corrected chi connectivity index (χ2v) is 10.9. The van der Waals surface area contributed by atoms with Crippen LogP contribution in [-0.4, -0.2) is 49.2 Å². The SMILES string of the molecule is CN(C(=O)C(Cc1csc(C(=N)N)n1)NS(=O)(=O)c1ccc2ccccc2c1)C1CCCC1. The number of carbonyl (C=O) groups is 1. The molecule has 10 heteroatoms. The van der Waals surface area contributed by atoms with Gasteiger partial charge in [-0.05, 0) is 35.7 Å². The van der Waals surface area contributed by atoms with Crippen LogP contribution in [0.15, 0.2) is 52.7 Å². The summed E-state index contributed by atoms with van der Waals surface area (Å²) in [6.07, 6.45) is 4.02. The standard InChI is InChI=1S/C23H27N5O3S2/c1-28(18-8-4-5-9-18)23(29)20(13-17-14-32-22(26-17)21(24)25)27-33(30,31)19-11-10-15-6-2-3-7-16(15)12-19/h2-3,6-7,10-12,14,18,20,27H,4-5,8-9,13H2,1H3,(H3,24,25). The maximum absolute atomic E-state index is 13.4. The number of likely N-dealkylation sites (N-methyl/N-ethyl adjacent to an activating group) is 1. The van der Waals surface area contributed by atoms with Crippen LogP contribution < -0.4 is 10.5 Å². The maximum Gasteiger partial charge on any atom is 0.241 e. The largest absolute Gasteiger partial charge is 0.382 e. The first-order valence-corrected chi connectivity index (χ1v) is 13.2. The van der Waals surface area contributed by atoms with Gasteiger partial charge in [-0.2, -0.15) is 4.72 Å². The Bertz CT molecular complexity index is 1280. The zero-order chi connectivity index (χ0) is 23.6. The van der Waals surface area contributed by atoms with Gasteiger partial charge < -0.3 is 10.6 Å². The fourth-order valence-electron chi connectivity index (χ4n) is 4.22. The van der Waals surface area contributed by atoms with Crippen LogP contribution in [0.1, 0.15) is 36.4 Å². The highest BCUT2D eigenvalue weighted by Gasteiger charge is 2.32. The fourth-order valence-corrected chi connectivity index (χ4v) is 6.14. The van der Waals surface area contributed by atoms with Crippen LogP contribution in [0, 0.1) is 5.41 Å². The molecule has 174 valence electrons. The van der Waals surface area contributed by atoms with Crippen LogP contribution in [0.2, 0.25) is 0 Å². The molecule has 0 bridgehead atoms. The smallest absolute Gasteiger partial charge is 0.241 e. The van der Waals surface area contributed by atoms with Gasteiger partial charge in [0.1, 0.15) is 6.04 Å². The van der Waals surface area contributed by atoms with Crippen molar-refractivity contribution in [3.05, 3.63) is 58.5 Å². The van der Waals surface area contributed by atoms with Crippen LogP contribution >= 0.6 is 11.3 Å². The molecule has 0 saturated heterocycles. The molecule has 8 nitrogen and oxygen atoms in total. The van der Waals surface area contributed by atoms with Gasteiger partial charge in [-0.1, -0.05) is 43.2 Å². The Balaban J connectivity index is 1.63. The molecule has 1 atom stereocenters. The van der Waals surface area contributed by atoms with Crippen molar-refractivity contribution in [2.45, 2.75) is 49.1 Å². The molecule has 4 rings (SSSR count). The summed E-state index contributed by atoms with van der Waals surface area (Å²) in [6.45, 7) is 0. The number of benzene rings is 2. The molecule has 1 fully saturated rings. The van der Waals surface area contributed by atoms with Gasteiger partial charge in [0.15, 0.2) is 10.8 Å². The molecule has 2 aromatic carbocycles. The highest BCUT2D eigenvalue weighted by molar-refractivity contribution is 7.89. The molecule has 1 aliphatic carbocycles. The number of thiazole rings is 1. The van der Waals surface area contributed by atoms with E-state index >= 15 is 0 Å². The summed E-state index contributed by atoms with van der Waals surface area (Å²) in [5, 5.41) is 11.3. The number of nitrogens with zero attached hydrogens (tertiary/aromatic N) is 2. The number of nitrogens with two attached hydrogens (primary N) is 1. The fraction of sp³-hybridized carbons (Fsp3) is 0.348. The molecular formula is C23H27N5O3S2. The van der Waals surface area contributed by atoms with E-state index < -0.39 is 16.1 Å². The Labute approximate surface area is 197 Å². The molecule has 33 heavy (non-hydrogen) atoms. The van der Waals surface area contributed by atoms with Crippen molar-refractivity contribution in [1.82, 2.24) is 14.6 Å². The molecule has 4 N–H and O–H groups in total.